The van der Waals surface area contributed by atoms with Gasteiger partial charge < -0.3 is 10.2 Å². The van der Waals surface area contributed by atoms with Gasteiger partial charge in [-0.05, 0) is 49.4 Å². The molecule has 1 amide bonds. The molecule has 0 bridgehead atoms. The fourth-order valence-electron chi connectivity index (χ4n) is 3.27. The summed E-state index contributed by atoms with van der Waals surface area (Å²) in [5, 5.41) is 14.4. The number of carbonyl (C=O) groups is 1. The van der Waals surface area contributed by atoms with Crippen LogP contribution < -0.4 is 10.2 Å². The number of nitro groups is 1. The summed E-state index contributed by atoms with van der Waals surface area (Å²) in [4.78, 5) is 25.6. The molecule has 0 atom stereocenters. The number of hydrogen-bond acceptors (Lipinski definition) is 4. The van der Waals surface area contributed by atoms with E-state index in [4.69, 9.17) is 11.6 Å². The Bertz CT molecular complexity index is 846. The van der Waals surface area contributed by atoms with Crippen molar-refractivity contribution in [1.29, 1.82) is 0 Å². The van der Waals surface area contributed by atoms with Crippen LogP contribution in [-0.4, -0.2) is 23.9 Å². The second kappa shape index (κ2) is 8.39. The normalized spacial score (nSPS) is 14.1. The van der Waals surface area contributed by atoms with Crippen molar-refractivity contribution in [2.75, 3.05) is 23.3 Å². The van der Waals surface area contributed by atoms with Gasteiger partial charge in [0.1, 0.15) is 5.69 Å². The highest BCUT2D eigenvalue weighted by Crippen LogP contribution is 2.38. The Hall–Kier alpha value is -2.60. The van der Waals surface area contributed by atoms with Crippen molar-refractivity contribution in [3.05, 3.63) is 62.7 Å². The highest BCUT2D eigenvalue weighted by atomic mass is 35.5. The Morgan fingerprint density at radius 3 is 2.44 bits per heavy atom. The maximum atomic E-state index is 12.6. The first-order chi connectivity index (χ1) is 13.0. The van der Waals surface area contributed by atoms with Gasteiger partial charge in [0, 0.05) is 24.7 Å². The fraction of sp³-hybridized carbons (Fsp3) is 0.350. The van der Waals surface area contributed by atoms with Crippen molar-refractivity contribution in [2.24, 2.45) is 0 Å². The van der Waals surface area contributed by atoms with Crippen LogP contribution in [0, 0.1) is 10.1 Å². The number of amides is 1. The van der Waals surface area contributed by atoms with Crippen LogP contribution in [0.3, 0.4) is 0 Å². The van der Waals surface area contributed by atoms with Gasteiger partial charge in [-0.25, -0.2) is 0 Å². The minimum absolute atomic E-state index is 0.0350. The minimum atomic E-state index is -0.426. The van der Waals surface area contributed by atoms with Crippen molar-refractivity contribution in [3.63, 3.8) is 0 Å². The van der Waals surface area contributed by atoms with Crippen molar-refractivity contribution >= 4 is 34.6 Å². The first-order valence-electron chi connectivity index (χ1n) is 9.12. The second-order valence-electron chi connectivity index (χ2n) is 6.63. The van der Waals surface area contributed by atoms with Crippen LogP contribution in [-0.2, 0) is 6.42 Å². The zero-order valence-electron chi connectivity index (χ0n) is 15.2. The number of halogens is 1. The highest BCUT2D eigenvalue weighted by molar-refractivity contribution is 6.34. The molecule has 1 aliphatic rings. The molecule has 0 aliphatic carbocycles. The highest BCUT2D eigenvalue weighted by Gasteiger charge is 2.24. The van der Waals surface area contributed by atoms with Gasteiger partial charge in [0.05, 0.1) is 15.6 Å². The lowest BCUT2D eigenvalue weighted by Gasteiger charge is -2.29. The van der Waals surface area contributed by atoms with Gasteiger partial charge in [0.15, 0.2) is 0 Å². The third kappa shape index (κ3) is 4.39. The van der Waals surface area contributed by atoms with E-state index < -0.39 is 4.92 Å². The summed E-state index contributed by atoms with van der Waals surface area (Å²) in [5.74, 6) is -0.294. The number of anilines is 2. The summed E-state index contributed by atoms with van der Waals surface area (Å²) in [6.07, 6.45) is 4.00. The van der Waals surface area contributed by atoms with Crippen molar-refractivity contribution in [3.8, 4) is 0 Å². The number of nitrogens with one attached hydrogen (secondary N) is 1. The number of carbonyl (C=O) groups excluding carboxylic acids is 1. The molecule has 0 radical (unpaired) electrons. The Morgan fingerprint density at radius 2 is 1.85 bits per heavy atom. The molecule has 2 aromatic rings. The summed E-state index contributed by atoms with van der Waals surface area (Å²) < 4.78 is 0. The molecule has 3 rings (SSSR count). The number of hydrogen-bond donors (Lipinski definition) is 1. The van der Waals surface area contributed by atoms with E-state index in [0.29, 0.717) is 16.9 Å². The molecule has 1 N–H and O–H groups in total. The van der Waals surface area contributed by atoms with Crippen LogP contribution in [0.15, 0.2) is 36.4 Å². The third-order valence-corrected chi connectivity index (χ3v) is 5.14. The molecular formula is C20H22ClN3O3. The standard InChI is InChI=1S/C20H22ClN3O3/c1-2-14-6-8-15(9-7-14)20(25)22-17-13-18(23-10-4-3-5-11-23)19(24(26)27)12-16(17)21/h6-9,12-13H,2-5,10-11H2,1H3,(H,22,25). The van der Waals surface area contributed by atoms with E-state index in [0.717, 1.165) is 44.3 Å². The molecule has 0 aromatic heterocycles. The van der Waals surface area contributed by atoms with E-state index >= 15 is 0 Å². The van der Waals surface area contributed by atoms with Gasteiger partial charge in [0.25, 0.3) is 11.6 Å². The predicted molar refractivity (Wildman–Crippen MR) is 108 cm³/mol. The van der Waals surface area contributed by atoms with Crippen LogP contribution >= 0.6 is 11.6 Å². The first-order valence-corrected chi connectivity index (χ1v) is 9.50. The van der Waals surface area contributed by atoms with Gasteiger partial charge in [-0.15, -0.1) is 0 Å². The van der Waals surface area contributed by atoms with E-state index in [-0.39, 0.29) is 16.6 Å². The fourth-order valence-corrected chi connectivity index (χ4v) is 3.47. The molecular weight excluding hydrogens is 366 g/mol. The van der Waals surface area contributed by atoms with Gasteiger partial charge in [0.2, 0.25) is 0 Å². The van der Waals surface area contributed by atoms with Crippen LogP contribution in [0.1, 0.15) is 42.1 Å². The van der Waals surface area contributed by atoms with Crippen LogP contribution in [0.4, 0.5) is 17.1 Å². The Kier molecular flexibility index (Phi) is 5.96. The second-order valence-corrected chi connectivity index (χ2v) is 7.04. The summed E-state index contributed by atoms with van der Waals surface area (Å²) in [7, 11) is 0. The lowest BCUT2D eigenvalue weighted by Crippen LogP contribution is -2.30. The predicted octanol–water partition coefficient (Wildman–Crippen LogP) is 5.05. The van der Waals surface area contributed by atoms with E-state index in [2.05, 4.69) is 5.32 Å². The molecule has 0 unspecified atom stereocenters. The van der Waals surface area contributed by atoms with Gasteiger partial charge in [-0.1, -0.05) is 30.7 Å². The first kappa shape index (κ1) is 19.2. The summed E-state index contributed by atoms with van der Waals surface area (Å²) >= 11 is 6.23. The van der Waals surface area contributed by atoms with E-state index in [1.165, 1.54) is 6.07 Å². The molecule has 0 saturated carbocycles. The average Bonchev–Trinajstić information content (AvgIpc) is 2.69. The maximum absolute atomic E-state index is 12.6. The van der Waals surface area contributed by atoms with Gasteiger partial charge in [-0.2, -0.15) is 0 Å². The number of aryl methyl sites for hydroxylation is 1. The maximum Gasteiger partial charge on any atom is 0.294 e. The van der Waals surface area contributed by atoms with Gasteiger partial charge >= 0.3 is 0 Å². The van der Waals surface area contributed by atoms with Crippen LogP contribution in [0.25, 0.3) is 0 Å². The van der Waals surface area contributed by atoms with Crippen molar-refractivity contribution < 1.29 is 9.72 Å². The Morgan fingerprint density at radius 1 is 1.19 bits per heavy atom. The monoisotopic (exact) mass is 387 g/mol. The van der Waals surface area contributed by atoms with Crippen LogP contribution in [0.5, 0.6) is 0 Å². The van der Waals surface area contributed by atoms with Crippen LogP contribution in [0.2, 0.25) is 5.02 Å². The quantitative estimate of drug-likeness (QED) is 0.575. The summed E-state index contributed by atoms with van der Waals surface area (Å²) in [5.41, 5.74) is 2.51. The van der Waals surface area contributed by atoms with E-state index in [1.807, 2.05) is 24.0 Å². The summed E-state index contributed by atoms with van der Waals surface area (Å²) in [6.45, 7) is 3.57. The van der Waals surface area contributed by atoms with E-state index in [9.17, 15) is 14.9 Å². The molecule has 1 heterocycles. The molecule has 6 nitrogen and oxygen atoms in total. The molecule has 2 aromatic carbocycles. The number of rotatable bonds is 5. The van der Waals surface area contributed by atoms with Crippen molar-refractivity contribution in [1.82, 2.24) is 0 Å². The average molecular weight is 388 g/mol. The van der Waals surface area contributed by atoms with Crippen molar-refractivity contribution in [2.45, 2.75) is 32.6 Å². The number of nitro benzene ring substituents is 1. The molecule has 7 heteroatoms. The number of piperidine rings is 1. The molecule has 142 valence electrons. The summed E-state index contributed by atoms with van der Waals surface area (Å²) in [6, 6.07) is 10.3. The number of benzene rings is 2. The molecule has 1 fully saturated rings. The zero-order valence-corrected chi connectivity index (χ0v) is 16.0. The SMILES string of the molecule is CCc1ccc(C(=O)Nc2cc(N3CCCCC3)c([N+](=O)[O-])cc2Cl)cc1. The Balaban J connectivity index is 1.89. The molecule has 1 aliphatic heterocycles. The third-order valence-electron chi connectivity index (χ3n) is 4.83. The Labute approximate surface area is 163 Å². The zero-order chi connectivity index (χ0) is 19.4. The lowest BCUT2D eigenvalue weighted by molar-refractivity contribution is -0.384. The molecule has 27 heavy (non-hydrogen) atoms. The number of nitrogens with zero attached hydrogens (tertiary/aromatic N) is 2. The largest absolute Gasteiger partial charge is 0.366 e. The topological polar surface area (TPSA) is 75.5 Å². The smallest absolute Gasteiger partial charge is 0.294 e. The minimum Gasteiger partial charge on any atom is -0.366 e. The lowest BCUT2D eigenvalue weighted by atomic mass is 10.1. The van der Waals surface area contributed by atoms with E-state index in [1.54, 1.807) is 18.2 Å². The molecule has 0 spiro atoms. The van der Waals surface area contributed by atoms with Gasteiger partial charge in [-0.3, -0.25) is 14.9 Å². The molecule has 1 saturated heterocycles.